The standard InChI is InChI=1S/C12H17NO2.BrH/c14-11-5-4-9(8-12(11)15)7-10-3-1-2-6-13-10;/h4-5,8,10,13-15H,1-3,6-7H2;1H. The van der Waals surface area contributed by atoms with Gasteiger partial charge in [0.25, 0.3) is 0 Å². The van der Waals surface area contributed by atoms with Crippen molar-refractivity contribution in [2.24, 2.45) is 0 Å². The Kier molecular flexibility index (Phi) is 5.09. The quantitative estimate of drug-likeness (QED) is 0.732. The van der Waals surface area contributed by atoms with E-state index in [4.69, 9.17) is 0 Å². The first-order chi connectivity index (χ1) is 7.25. The van der Waals surface area contributed by atoms with Crippen molar-refractivity contribution in [3.63, 3.8) is 0 Å². The van der Waals surface area contributed by atoms with Gasteiger partial charge in [-0.05, 0) is 43.5 Å². The van der Waals surface area contributed by atoms with Crippen LogP contribution >= 0.6 is 17.0 Å². The number of rotatable bonds is 2. The van der Waals surface area contributed by atoms with Gasteiger partial charge in [0.15, 0.2) is 11.5 Å². The molecule has 1 aromatic rings. The van der Waals surface area contributed by atoms with Crippen LogP contribution in [-0.2, 0) is 6.42 Å². The zero-order valence-electron chi connectivity index (χ0n) is 9.15. The van der Waals surface area contributed by atoms with Crippen LogP contribution in [0.25, 0.3) is 0 Å². The van der Waals surface area contributed by atoms with E-state index in [1.165, 1.54) is 19.3 Å². The number of aromatic hydroxyl groups is 2. The molecule has 1 atom stereocenters. The van der Waals surface area contributed by atoms with Crippen LogP contribution in [0.4, 0.5) is 0 Å². The Labute approximate surface area is 106 Å². The SMILES string of the molecule is Br.Oc1ccc(CC2CCCCN2)cc1O. The van der Waals surface area contributed by atoms with Crippen molar-refractivity contribution in [3.8, 4) is 11.5 Å². The van der Waals surface area contributed by atoms with Crippen molar-refractivity contribution in [2.45, 2.75) is 31.7 Å². The first kappa shape index (κ1) is 13.3. The fraction of sp³-hybridized carbons (Fsp3) is 0.500. The smallest absolute Gasteiger partial charge is 0.157 e. The molecule has 0 amide bonds. The summed E-state index contributed by atoms with van der Waals surface area (Å²) in [5.74, 6) is -0.0707. The second kappa shape index (κ2) is 6.11. The Hall–Kier alpha value is -0.740. The van der Waals surface area contributed by atoms with E-state index in [0.717, 1.165) is 18.5 Å². The third-order valence-electron chi connectivity index (χ3n) is 2.93. The topological polar surface area (TPSA) is 52.5 Å². The lowest BCUT2D eigenvalue weighted by Crippen LogP contribution is -2.35. The average molecular weight is 288 g/mol. The summed E-state index contributed by atoms with van der Waals surface area (Å²) in [5.41, 5.74) is 1.07. The van der Waals surface area contributed by atoms with Crippen molar-refractivity contribution >= 4 is 17.0 Å². The second-order valence-electron chi connectivity index (χ2n) is 4.17. The lowest BCUT2D eigenvalue weighted by atomic mass is 9.98. The molecule has 0 bridgehead atoms. The van der Waals surface area contributed by atoms with Gasteiger partial charge < -0.3 is 15.5 Å². The summed E-state index contributed by atoms with van der Waals surface area (Å²) in [6, 6.07) is 5.58. The number of hydrogen-bond donors (Lipinski definition) is 3. The lowest BCUT2D eigenvalue weighted by Gasteiger charge is -2.23. The van der Waals surface area contributed by atoms with E-state index in [0.29, 0.717) is 6.04 Å². The number of nitrogens with one attached hydrogen (secondary N) is 1. The second-order valence-corrected chi connectivity index (χ2v) is 4.17. The molecule has 0 radical (unpaired) electrons. The van der Waals surface area contributed by atoms with Crippen molar-refractivity contribution in [3.05, 3.63) is 23.8 Å². The Morgan fingerprint density at radius 2 is 2.00 bits per heavy atom. The molecule has 1 aliphatic heterocycles. The maximum atomic E-state index is 9.36. The summed E-state index contributed by atoms with van der Waals surface area (Å²) >= 11 is 0. The lowest BCUT2D eigenvalue weighted by molar-refractivity contribution is 0.393. The number of phenolic OH excluding ortho intramolecular Hbond substituents is 2. The van der Waals surface area contributed by atoms with Crippen LogP contribution in [0.15, 0.2) is 18.2 Å². The molecular formula is C12H18BrNO2. The number of halogens is 1. The summed E-state index contributed by atoms with van der Waals surface area (Å²) in [4.78, 5) is 0. The molecular weight excluding hydrogens is 270 g/mol. The third-order valence-corrected chi connectivity index (χ3v) is 2.93. The van der Waals surface area contributed by atoms with Crippen LogP contribution in [0.3, 0.4) is 0 Å². The minimum absolute atomic E-state index is 0. The number of piperidine rings is 1. The summed E-state index contributed by atoms with van der Waals surface area (Å²) in [6.07, 6.45) is 4.66. The molecule has 1 heterocycles. The van der Waals surface area contributed by atoms with E-state index in [1.807, 2.05) is 6.07 Å². The largest absolute Gasteiger partial charge is 0.504 e. The van der Waals surface area contributed by atoms with E-state index < -0.39 is 0 Å². The summed E-state index contributed by atoms with van der Waals surface area (Å²) < 4.78 is 0. The van der Waals surface area contributed by atoms with Crippen molar-refractivity contribution < 1.29 is 10.2 Å². The molecule has 0 saturated carbocycles. The zero-order chi connectivity index (χ0) is 10.7. The van der Waals surface area contributed by atoms with Crippen LogP contribution in [0.2, 0.25) is 0 Å². The summed E-state index contributed by atoms with van der Waals surface area (Å²) in [7, 11) is 0. The van der Waals surface area contributed by atoms with Crippen LogP contribution in [0.5, 0.6) is 11.5 Å². The van der Waals surface area contributed by atoms with Crippen molar-refractivity contribution in [1.82, 2.24) is 5.32 Å². The molecule has 0 aliphatic carbocycles. The van der Waals surface area contributed by atoms with E-state index in [-0.39, 0.29) is 28.5 Å². The van der Waals surface area contributed by atoms with E-state index in [1.54, 1.807) is 12.1 Å². The van der Waals surface area contributed by atoms with Crippen LogP contribution in [0.1, 0.15) is 24.8 Å². The van der Waals surface area contributed by atoms with Gasteiger partial charge in [0, 0.05) is 6.04 Å². The Morgan fingerprint density at radius 3 is 2.62 bits per heavy atom. The molecule has 0 spiro atoms. The molecule has 3 N–H and O–H groups in total. The fourth-order valence-corrected chi connectivity index (χ4v) is 2.08. The minimum atomic E-state index is -0.0460. The normalized spacial score (nSPS) is 20.1. The van der Waals surface area contributed by atoms with Gasteiger partial charge in [-0.25, -0.2) is 0 Å². The molecule has 1 saturated heterocycles. The molecule has 90 valence electrons. The van der Waals surface area contributed by atoms with E-state index in [2.05, 4.69) is 5.32 Å². The molecule has 16 heavy (non-hydrogen) atoms. The molecule has 1 unspecified atom stereocenters. The highest BCUT2D eigenvalue weighted by molar-refractivity contribution is 8.93. The maximum absolute atomic E-state index is 9.36. The van der Waals surface area contributed by atoms with E-state index >= 15 is 0 Å². The van der Waals surface area contributed by atoms with Crippen molar-refractivity contribution in [1.29, 1.82) is 0 Å². The number of hydrogen-bond acceptors (Lipinski definition) is 3. The highest BCUT2D eigenvalue weighted by Crippen LogP contribution is 2.26. The molecule has 1 aliphatic rings. The van der Waals surface area contributed by atoms with Crippen LogP contribution < -0.4 is 5.32 Å². The zero-order valence-corrected chi connectivity index (χ0v) is 10.9. The Morgan fingerprint density at radius 1 is 1.19 bits per heavy atom. The molecule has 2 rings (SSSR count). The number of benzene rings is 1. The van der Waals surface area contributed by atoms with Gasteiger partial charge in [-0.3, -0.25) is 0 Å². The predicted molar refractivity (Wildman–Crippen MR) is 69.4 cm³/mol. The third kappa shape index (κ3) is 3.39. The first-order valence-electron chi connectivity index (χ1n) is 5.50. The highest BCUT2D eigenvalue weighted by Gasteiger charge is 2.13. The van der Waals surface area contributed by atoms with Gasteiger partial charge in [0.1, 0.15) is 0 Å². The summed E-state index contributed by atoms with van der Waals surface area (Å²) in [6.45, 7) is 1.09. The molecule has 3 nitrogen and oxygen atoms in total. The Bertz CT molecular complexity index is 338. The molecule has 1 aromatic carbocycles. The fourth-order valence-electron chi connectivity index (χ4n) is 2.08. The van der Waals surface area contributed by atoms with Gasteiger partial charge in [0.05, 0.1) is 0 Å². The van der Waals surface area contributed by atoms with Gasteiger partial charge in [-0.15, -0.1) is 17.0 Å². The van der Waals surface area contributed by atoms with E-state index in [9.17, 15) is 10.2 Å². The predicted octanol–water partition coefficient (Wildman–Crippen LogP) is 2.36. The molecule has 0 aromatic heterocycles. The average Bonchev–Trinajstić information content (AvgIpc) is 2.25. The minimum Gasteiger partial charge on any atom is -0.504 e. The van der Waals surface area contributed by atoms with Gasteiger partial charge in [-0.1, -0.05) is 12.5 Å². The number of phenols is 2. The highest BCUT2D eigenvalue weighted by atomic mass is 79.9. The van der Waals surface area contributed by atoms with Crippen LogP contribution in [-0.4, -0.2) is 22.8 Å². The monoisotopic (exact) mass is 287 g/mol. The Balaban J connectivity index is 0.00000128. The van der Waals surface area contributed by atoms with Crippen LogP contribution in [0, 0.1) is 0 Å². The summed E-state index contributed by atoms with van der Waals surface area (Å²) in [5, 5.41) is 22.0. The van der Waals surface area contributed by atoms with Gasteiger partial charge in [0.2, 0.25) is 0 Å². The first-order valence-corrected chi connectivity index (χ1v) is 5.50. The molecule has 1 fully saturated rings. The van der Waals surface area contributed by atoms with Gasteiger partial charge in [-0.2, -0.15) is 0 Å². The maximum Gasteiger partial charge on any atom is 0.157 e. The molecule has 4 heteroatoms. The van der Waals surface area contributed by atoms with Gasteiger partial charge >= 0.3 is 0 Å². The van der Waals surface area contributed by atoms with Crippen molar-refractivity contribution in [2.75, 3.05) is 6.54 Å².